The minimum Gasteiger partial charge on any atom is -0.369 e. The minimum absolute atomic E-state index is 0.516. The number of methoxy groups -OCH3 is 1. The van der Waals surface area contributed by atoms with Crippen LogP contribution in [0.15, 0.2) is 73.3 Å². The Morgan fingerprint density at radius 1 is 1.00 bits per heavy atom. The molecule has 2 nitrogen and oxygen atoms in total. The smallest absolute Gasteiger partial charge is 0.174 e. The predicted molar refractivity (Wildman–Crippen MR) is 80.8 cm³/mol. The van der Waals surface area contributed by atoms with Crippen molar-refractivity contribution in [3.8, 4) is 0 Å². The normalized spacial score (nSPS) is 12.9. The zero-order valence-corrected chi connectivity index (χ0v) is 11.8. The van der Waals surface area contributed by atoms with Crippen molar-refractivity contribution >= 4 is 17.8 Å². The van der Waals surface area contributed by atoms with Gasteiger partial charge in [-0.2, -0.15) is 0 Å². The van der Waals surface area contributed by atoms with E-state index in [0.29, 0.717) is 0 Å². The fourth-order valence-corrected chi connectivity index (χ4v) is 4.84. The van der Waals surface area contributed by atoms with E-state index in [0.717, 1.165) is 10.6 Å². The van der Waals surface area contributed by atoms with Gasteiger partial charge in [-0.3, -0.25) is 0 Å². The van der Waals surface area contributed by atoms with Crippen LogP contribution in [0.4, 0.5) is 0 Å². The highest BCUT2D eigenvalue weighted by atomic mass is 31.2. The Labute approximate surface area is 114 Å². The lowest BCUT2D eigenvalue weighted by molar-refractivity contribution is 0.199. The largest absolute Gasteiger partial charge is 0.369 e. The Bertz CT molecular complexity index is 535. The van der Waals surface area contributed by atoms with Gasteiger partial charge in [0.2, 0.25) is 0 Å². The highest BCUT2D eigenvalue weighted by molar-refractivity contribution is 7.79. The van der Waals surface area contributed by atoms with Crippen molar-refractivity contribution in [2.45, 2.75) is 5.85 Å². The van der Waals surface area contributed by atoms with E-state index in [4.69, 9.17) is 4.74 Å². The van der Waals surface area contributed by atoms with E-state index < -0.39 is 13.0 Å². The maximum Gasteiger partial charge on any atom is 0.174 e. The lowest BCUT2D eigenvalue weighted by Crippen LogP contribution is -2.25. The van der Waals surface area contributed by atoms with Gasteiger partial charge in [-0.15, -0.1) is 6.58 Å². The third-order valence-corrected chi connectivity index (χ3v) is 6.35. The molecule has 0 amide bonds. The Morgan fingerprint density at radius 2 is 1.42 bits per heavy atom. The molecule has 0 N–H and O–H groups in total. The van der Waals surface area contributed by atoms with Gasteiger partial charge < -0.3 is 9.30 Å². The highest BCUT2D eigenvalue weighted by Gasteiger charge is 2.34. The molecule has 0 aliphatic rings. The molecule has 0 heterocycles. The van der Waals surface area contributed by atoms with E-state index in [1.54, 1.807) is 13.2 Å². The van der Waals surface area contributed by atoms with Crippen molar-refractivity contribution in [3.63, 3.8) is 0 Å². The Hall–Kier alpha value is -1.63. The minimum atomic E-state index is -2.87. The third-order valence-electron chi connectivity index (χ3n) is 3.08. The molecular weight excluding hydrogens is 255 g/mol. The van der Waals surface area contributed by atoms with Crippen LogP contribution in [0.2, 0.25) is 0 Å². The van der Waals surface area contributed by atoms with Gasteiger partial charge in [0.25, 0.3) is 0 Å². The number of ether oxygens (including phenoxy) is 1. The first-order valence-corrected chi connectivity index (χ1v) is 7.87. The van der Waals surface area contributed by atoms with Gasteiger partial charge in [0, 0.05) is 17.7 Å². The van der Waals surface area contributed by atoms with Crippen LogP contribution >= 0.6 is 7.14 Å². The summed E-state index contributed by atoms with van der Waals surface area (Å²) >= 11 is 0. The predicted octanol–water partition coefficient (Wildman–Crippen LogP) is 3.16. The average molecular weight is 272 g/mol. The Balaban J connectivity index is 2.64. The SMILES string of the molecule is C=CC(OC)P(=O)(c1ccccc1)c1ccccc1. The maximum absolute atomic E-state index is 13.6. The first-order valence-electron chi connectivity index (χ1n) is 6.09. The van der Waals surface area contributed by atoms with Crippen molar-refractivity contribution in [2.75, 3.05) is 7.11 Å². The first-order chi connectivity index (χ1) is 9.23. The molecule has 0 fully saturated rings. The topological polar surface area (TPSA) is 26.3 Å². The van der Waals surface area contributed by atoms with Gasteiger partial charge in [0.1, 0.15) is 5.85 Å². The molecule has 0 spiro atoms. The molecule has 19 heavy (non-hydrogen) atoms. The molecule has 3 heteroatoms. The van der Waals surface area contributed by atoms with Crippen LogP contribution < -0.4 is 10.6 Å². The van der Waals surface area contributed by atoms with Crippen molar-refractivity contribution in [2.24, 2.45) is 0 Å². The van der Waals surface area contributed by atoms with Crippen LogP contribution in [-0.4, -0.2) is 13.0 Å². The van der Waals surface area contributed by atoms with E-state index in [2.05, 4.69) is 6.58 Å². The van der Waals surface area contributed by atoms with Crippen LogP contribution in [0, 0.1) is 0 Å². The molecule has 2 aromatic rings. The van der Waals surface area contributed by atoms with Crippen LogP contribution in [0.5, 0.6) is 0 Å². The van der Waals surface area contributed by atoms with Gasteiger partial charge in [-0.25, -0.2) is 0 Å². The Kier molecular flexibility index (Phi) is 4.36. The zero-order valence-electron chi connectivity index (χ0n) is 10.9. The van der Waals surface area contributed by atoms with E-state index >= 15 is 0 Å². The van der Waals surface area contributed by atoms with Crippen LogP contribution in [0.25, 0.3) is 0 Å². The summed E-state index contributed by atoms with van der Waals surface area (Å²) in [4.78, 5) is 0. The zero-order chi connectivity index (χ0) is 13.7. The molecule has 0 aliphatic heterocycles. The Morgan fingerprint density at radius 3 is 1.74 bits per heavy atom. The summed E-state index contributed by atoms with van der Waals surface area (Å²) in [5, 5.41) is 1.57. The van der Waals surface area contributed by atoms with E-state index in [1.807, 2.05) is 60.7 Å². The monoisotopic (exact) mass is 272 g/mol. The van der Waals surface area contributed by atoms with E-state index in [1.165, 1.54) is 0 Å². The average Bonchev–Trinajstić information content (AvgIpc) is 2.50. The molecule has 1 unspecified atom stereocenters. The first kappa shape index (κ1) is 13.8. The second-order valence-corrected chi connectivity index (χ2v) is 7.05. The summed E-state index contributed by atoms with van der Waals surface area (Å²) in [6.45, 7) is 3.75. The molecule has 0 saturated heterocycles. The van der Waals surface area contributed by atoms with Gasteiger partial charge in [0.15, 0.2) is 7.14 Å². The fourth-order valence-electron chi connectivity index (χ4n) is 2.13. The molecule has 0 aliphatic carbocycles. The summed E-state index contributed by atoms with van der Waals surface area (Å²) in [6, 6.07) is 18.9. The van der Waals surface area contributed by atoms with Crippen LogP contribution in [0.1, 0.15) is 0 Å². The van der Waals surface area contributed by atoms with Crippen molar-refractivity contribution in [1.29, 1.82) is 0 Å². The van der Waals surface area contributed by atoms with Gasteiger partial charge in [0.05, 0.1) is 0 Å². The molecule has 1 atom stereocenters. The quantitative estimate of drug-likeness (QED) is 0.617. The molecule has 2 rings (SSSR count). The molecule has 0 aromatic heterocycles. The number of hydrogen-bond acceptors (Lipinski definition) is 2. The number of hydrogen-bond donors (Lipinski definition) is 0. The summed E-state index contributed by atoms with van der Waals surface area (Å²) in [6.07, 6.45) is 1.61. The summed E-state index contributed by atoms with van der Waals surface area (Å²) in [5.41, 5.74) is 0. The molecule has 0 radical (unpaired) electrons. The van der Waals surface area contributed by atoms with Crippen molar-refractivity contribution < 1.29 is 9.30 Å². The number of rotatable bonds is 5. The fraction of sp³-hybridized carbons (Fsp3) is 0.125. The van der Waals surface area contributed by atoms with Crippen molar-refractivity contribution in [1.82, 2.24) is 0 Å². The molecule has 0 bridgehead atoms. The van der Waals surface area contributed by atoms with Gasteiger partial charge in [-0.1, -0.05) is 66.7 Å². The molecule has 0 saturated carbocycles. The van der Waals surface area contributed by atoms with Crippen molar-refractivity contribution in [3.05, 3.63) is 73.3 Å². The molecular formula is C16H17O2P. The lowest BCUT2D eigenvalue weighted by Gasteiger charge is -2.25. The summed E-state index contributed by atoms with van der Waals surface area (Å²) in [5.74, 6) is -0.516. The van der Waals surface area contributed by atoms with Crippen LogP contribution in [-0.2, 0) is 9.30 Å². The van der Waals surface area contributed by atoms with Gasteiger partial charge >= 0.3 is 0 Å². The third kappa shape index (κ3) is 2.56. The van der Waals surface area contributed by atoms with Gasteiger partial charge in [-0.05, 0) is 0 Å². The second-order valence-electron chi connectivity index (χ2n) is 4.19. The molecule has 2 aromatic carbocycles. The summed E-state index contributed by atoms with van der Waals surface area (Å²) < 4.78 is 19.0. The maximum atomic E-state index is 13.6. The summed E-state index contributed by atoms with van der Waals surface area (Å²) in [7, 11) is -1.31. The standard InChI is InChI=1S/C16H17O2P/c1-3-16(18-2)19(17,14-10-6-4-7-11-14)15-12-8-5-9-13-15/h3-13,16H,1H2,2H3. The highest BCUT2D eigenvalue weighted by Crippen LogP contribution is 2.49. The number of benzene rings is 2. The second kappa shape index (κ2) is 6.01. The van der Waals surface area contributed by atoms with E-state index in [-0.39, 0.29) is 0 Å². The molecule has 98 valence electrons. The van der Waals surface area contributed by atoms with Crippen LogP contribution in [0.3, 0.4) is 0 Å². The van der Waals surface area contributed by atoms with E-state index in [9.17, 15) is 4.57 Å². The lowest BCUT2D eigenvalue weighted by atomic mass is 10.4.